The maximum Gasteiger partial charge on any atom is 0.494 e. The molecule has 0 aliphatic carbocycles. The van der Waals surface area contributed by atoms with Crippen LogP contribution in [-0.2, 0) is 9.31 Å². The Bertz CT molecular complexity index is 500. The van der Waals surface area contributed by atoms with Crippen LogP contribution in [0.1, 0.15) is 0 Å². The van der Waals surface area contributed by atoms with Gasteiger partial charge in [-0.2, -0.15) is 0 Å². The maximum absolute atomic E-state index is 9.19. The molecule has 1 fully saturated rings. The van der Waals surface area contributed by atoms with Gasteiger partial charge in [-0.25, -0.2) is 0 Å². The van der Waals surface area contributed by atoms with Crippen LogP contribution in [0.5, 0.6) is 0 Å². The number of benzene rings is 1. The molecule has 0 bridgehead atoms. The van der Waals surface area contributed by atoms with E-state index in [1.54, 1.807) is 0 Å². The first kappa shape index (κ1) is 19.4. The van der Waals surface area contributed by atoms with E-state index in [1.165, 1.54) is 0 Å². The molecular weight excluding hydrogens is 307 g/mol. The van der Waals surface area contributed by atoms with E-state index in [0.29, 0.717) is 24.2 Å². The lowest BCUT2D eigenvalue weighted by atomic mass is 9.78. The Morgan fingerprint density at radius 2 is 1.62 bits per heavy atom. The van der Waals surface area contributed by atoms with E-state index >= 15 is 0 Å². The van der Waals surface area contributed by atoms with Gasteiger partial charge in [0.1, 0.15) is 31.9 Å². The third-order valence-corrected chi connectivity index (χ3v) is 4.96. The number of likely N-dealkylation sites (N-methyl/N-ethyl adjacent to an activating group) is 2. The minimum Gasteiger partial charge on any atom is -0.401 e. The van der Waals surface area contributed by atoms with Gasteiger partial charge in [-0.15, -0.1) is 0 Å². The average Bonchev–Trinajstić information content (AvgIpc) is 2.52. The van der Waals surface area contributed by atoms with Crippen molar-refractivity contribution in [1.29, 1.82) is 0 Å². The highest BCUT2D eigenvalue weighted by Gasteiger charge is 2.30. The summed E-state index contributed by atoms with van der Waals surface area (Å²) in [6.07, 6.45) is 0. The first-order chi connectivity index (χ1) is 11.4. The quantitative estimate of drug-likeness (QED) is 0.539. The van der Waals surface area contributed by atoms with Crippen LogP contribution in [0.3, 0.4) is 0 Å². The highest BCUT2D eigenvalue weighted by Crippen LogP contribution is 2.17. The summed E-state index contributed by atoms with van der Waals surface area (Å²) >= 11 is 0. The van der Waals surface area contributed by atoms with Crippen molar-refractivity contribution in [3.63, 3.8) is 0 Å². The van der Waals surface area contributed by atoms with Gasteiger partial charge in [0.15, 0.2) is 0 Å². The number of aliphatic hydroxyl groups is 2. The van der Waals surface area contributed by atoms with Gasteiger partial charge in [-0.1, -0.05) is 12.1 Å². The van der Waals surface area contributed by atoms with Crippen LogP contribution >= 0.6 is 0 Å². The van der Waals surface area contributed by atoms with Gasteiger partial charge >= 0.3 is 7.12 Å². The van der Waals surface area contributed by atoms with Crippen LogP contribution in [0.4, 0.5) is 5.69 Å². The zero-order chi connectivity index (χ0) is 17.6. The standard InChI is InChI=1S/C17H31BN2O4/c1-19(2,8-12-21)17-6-4-16(5-7-17)18-23-14-10-20(3,9-13-22)11-15-24-18/h4-7,21-22H,8-15H2,1-3H3/q+2. The van der Waals surface area contributed by atoms with Gasteiger partial charge in [0, 0.05) is 0 Å². The lowest BCUT2D eigenvalue weighted by Crippen LogP contribution is -2.54. The van der Waals surface area contributed by atoms with Crippen molar-refractivity contribution in [2.75, 3.05) is 73.7 Å². The summed E-state index contributed by atoms with van der Waals surface area (Å²) in [5.74, 6) is 0. The third kappa shape index (κ3) is 5.02. The van der Waals surface area contributed by atoms with Gasteiger partial charge in [-0.05, 0) is 17.6 Å². The van der Waals surface area contributed by atoms with E-state index in [4.69, 9.17) is 9.31 Å². The lowest BCUT2D eigenvalue weighted by Gasteiger charge is -2.36. The fourth-order valence-electron chi connectivity index (χ4n) is 2.99. The Morgan fingerprint density at radius 3 is 2.12 bits per heavy atom. The molecule has 1 saturated heterocycles. The minimum atomic E-state index is -0.338. The van der Waals surface area contributed by atoms with E-state index in [1.807, 2.05) is 12.1 Å². The Labute approximate surface area is 145 Å². The summed E-state index contributed by atoms with van der Waals surface area (Å²) in [5.41, 5.74) is 2.16. The molecule has 1 aromatic carbocycles. The smallest absolute Gasteiger partial charge is 0.401 e. The molecule has 134 valence electrons. The van der Waals surface area contributed by atoms with Crippen LogP contribution in [0, 0.1) is 0 Å². The number of rotatable bonds is 6. The number of aliphatic hydroxyl groups excluding tert-OH is 2. The number of hydrogen-bond acceptors (Lipinski definition) is 4. The second-order valence-electron chi connectivity index (χ2n) is 7.31. The molecule has 0 saturated carbocycles. The SMILES string of the molecule is C[N+]1(CCO)CCOB(c2ccc([N+](C)(C)CCO)cc2)OCC1. The van der Waals surface area contributed by atoms with Crippen molar-refractivity contribution in [1.82, 2.24) is 4.48 Å². The van der Waals surface area contributed by atoms with Crippen molar-refractivity contribution < 1.29 is 24.0 Å². The Morgan fingerprint density at radius 1 is 1.04 bits per heavy atom. The molecule has 2 rings (SSSR count). The van der Waals surface area contributed by atoms with Crippen molar-refractivity contribution in [2.45, 2.75) is 0 Å². The average molecular weight is 338 g/mol. The monoisotopic (exact) mass is 338 g/mol. The summed E-state index contributed by atoms with van der Waals surface area (Å²) in [6.45, 7) is 4.71. The summed E-state index contributed by atoms with van der Waals surface area (Å²) in [7, 11) is 5.94. The van der Waals surface area contributed by atoms with Crippen molar-refractivity contribution in [3.05, 3.63) is 24.3 Å². The van der Waals surface area contributed by atoms with Crippen LogP contribution in [-0.4, -0.2) is 95.6 Å². The van der Waals surface area contributed by atoms with Crippen molar-refractivity contribution in [3.8, 4) is 0 Å². The third-order valence-electron chi connectivity index (χ3n) is 4.96. The molecule has 2 N–H and O–H groups in total. The molecule has 0 amide bonds. The number of nitrogens with zero attached hydrogens (tertiary/aromatic N) is 2. The normalized spacial score (nSPS) is 19.0. The Hall–Kier alpha value is -0.955. The van der Waals surface area contributed by atoms with Gasteiger partial charge in [0.05, 0.1) is 47.6 Å². The molecule has 0 radical (unpaired) electrons. The molecule has 0 unspecified atom stereocenters. The molecule has 24 heavy (non-hydrogen) atoms. The second kappa shape index (κ2) is 8.42. The molecule has 7 heteroatoms. The molecule has 1 aromatic rings. The van der Waals surface area contributed by atoms with Crippen LogP contribution in [0.25, 0.3) is 0 Å². The van der Waals surface area contributed by atoms with E-state index in [9.17, 15) is 10.2 Å². The predicted octanol–water partition coefficient (Wildman–Crippen LogP) is -0.573. The molecule has 1 aliphatic rings. The molecular formula is C17H31BN2O4+2. The molecule has 1 heterocycles. The van der Waals surface area contributed by atoms with Gasteiger partial charge in [0.2, 0.25) is 0 Å². The Kier molecular flexibility index (Phi) is 6.80. The van der Waals surface area contributed by atoms with Gasteiger partial charge < -0.3 is 24.0 Å². The van der Waals surface area contributed by atoms with E-state index in [-0.39, 0.29) is 20.3 Å². The molecule has 1 aliphatic heterocycles. The maximum atomic E-state index is 9.19. The van der Waals surface area contributed by atoms with Crippen molar-refractivity contribution in [2.24, 2.45) is 0 Å². The van der Waals surface area contributed by atoms with Crippen molar-refractivity contribution >= 4 is 18.3 Å². The van der Waals surface area contributed by atoms with Gasteiger partial charge in [-0.3, -0.25) is 4.48 Å². The minimum absolute atomic E-state index is 0.161. The van der Waals surface area contributed by atoms with Crippen LogP contribution in [0.2, 0.25) is 0 Å². The fraction of sp³-hybridized carbons (Fsp3) is 0.647. The highest BCUT2D eigenvalue weighted by atomic mass is 16.6. The van der Waals surface area contributed by atoms with E-state index in [2.05, 4.69) is 33.3 Å². The lowest BCUT2D eigenvalue weighted by molar-refractivity contribution is -0.910. The summed E-state index contributed by atoms with van der Waals surface area (Å²) in [5, 5.41) is 18.4. The van der Waals surface area contributed by atoms with E-state index < -0.39 is 0 Å². The summed E-state index contributed by atoms with van der Waals surface area (Å²) in [6, 6.07) is 8.23. The molecule has 0 spiro atoms. The second-order valence-corrected chi connectivity index (χ2v) is 7.31. The number of quaternary nitrogens is 2. The van der Waals surface area contributed by atoms with E-state index in [0.717, 1.165) is 35.3 Å². The van der Waals surface area contributed by atoms with Crippen LogP contribution in [0.15, 0.2) is 24.3 Å². The summed E-state index contributed by atoms with van der Waals surface area (Å²) in [4.78, 5) is 0. The number of hydrogen-bond donors (Lipinski definition) is 2. The highest BCUT2D eigenvalue weighted by molar-refractivity contribution is 6.61. The topological polar surface area (TPSA) is 58.9 Å². The molecule has 0 aromatic heterocycles. The predicted molar refractivity (Wildman–Crippen MR) is 97.2 cm³/mol. The zero-order valence-electron chi connectivity index (χ0n) is 15.1. The fourth-order valence-corrected chi connectivity index (χ4v) is 2.99. The zero-order valence-corrected chi connectivity index (χ0v) is 15.1. The molecule has 0 atom stereocenters. The molecule has 6 nitrogen and oxygen atoms in total. The Balaban J connectivity index is 2.00. The first-order valence-corrected chi connectivity index (χ1v) is 8.62. The first-order valence-electron chi connectivity index (χ1n) is 8.62. The van der Waals surface area contributed by atoms with Crippen LogP contribution < -0.4 is 9.95 Å². The largest absolute Gasteiger partial charge is 0.494 e. The summed E-state index contributed by atoms with van der Waals surface area (Å²) < 4.78 is 13.3. The van der Waals surface area contributed by atoms with Gasteiger partial charge in [0.25, 0.3) is 0 Å².